The molecule has 4 rings (SSSR count). The average Bonchev–Trinajstić information content (AvgIpc) is 3.27. The molecule has 2 fully saturated rings. The monoisotopic (exact) mass is 389 g/mol. The molecule has 2 aliphatic heterocycles. The molecule has 9 heteroatoms. The van der Waals surface area contributed by atoms with Crippen molar-refractivity contribution in [1.29, 1.82) is 0 Å². The number of aliphatic imine (C=N–C) groups is 1. The van der Waals surface area contributed by atoms with Gasteiger partial charge in [0.05, 0.1) is 18.3 Å². The second-order valence-corrected chi connectivity index (χ2v) is 7.77. The van der Waals surface area contributed by atoms with Crippen LogP contribution in [-0.2, 0) is 17.7 Å². The molecule has 0 radical (unpaired) electrons. The van der Waals surface area contributed by atoms with Gasteiger partial charge in [-0.15, -0.1) is 5.10 Å². The van der Waals surface area contributed by atoms with Crippen molar-refractivity contribution < 1.29 is 14.9 Å². The molecular formula is C18H23N5O3S. The van der Waals surface area contributed by atoms with E-state index in [0.717, 1.165) is 16.4 Å². The van der Waals surface area contributed by atoms with Crippen LogP contribution in [0, 0.1) is 0 Å². The summed E-state index contributed by atoms with van der Waals surface area (Å²) in [6.45, 7) is 2.92. The van der Waals surface area contributed by atoms with Crippen LogP contribution in [0.15, 0.2) is 41.5 Å². The van der Waals surface area contributed by atoms with E-state index in [1.54, 1.807) is 4.68 Å². The summed E-state index contributed by atoms with van der Waals surface area (Å²) in [5.74, 6) is 0. The summed E-state index contributed by atoms with van der Waals surface area (Å²) in [5, 5.41) is 33.2. The highest BCUT2D eigenvalue weighted by Gasteiger charge is 2.49. The summed E-state index contributed by atoms with van der Waals surface area (Å²) in [6.07, 6.45) is 0.0350. The number of thioether (sulfide) groups is 1. The molecule has 8 nitrogen and oxygen atoms in total. The predicted octanol–water partition coefficient (Wildman–Crippen LogP) is 0.396. The number of aliphatic hydroxyl groups is 2. The Morgan fingerprint density at radius 3 is 2.85 bits per heavy atom. The van der Waals surface area contributed by atoms with E-state index in [1.165, 1.54) is 11.8 Å². The van der Waals surface area contributed by atoms with Gasteiger partial charge in [0.1, 0.15) is 23.7 Å². The molecule has 144 valence electrons. The van der Waals surface area contributed by atoms with Gasteiger partial charge in [0.15, 0.2) is 5.17 Å². The van der Waals surface area contributed by atoms with Crippen molar-refractivity contribution in [3.05, 3.63) is 47.8 Å². The summed E-state index contributed by atoms with van der Waals surface area (Å²) >= 11 is 1.45. The molecule has 2 aliphatic rings. The molecule has 2 saturated heterocycles. The smallest absolute Gasteiger partial charge is 0.159 e. The van der Waals surface area contributed by atoms with E-state index < -0.39 is 18.3 Å². The fraction of sp³-hybridized carbons (Fsp3) is 0.500. The number of benzene rings is 1. The molecule has 1 aromatic carbocycles. The largest absolute Gasteiger partial charge is 0.388 e. The first-order chi connectivity index (χ1) is 13.1. The average molecular weight is 389 g/mol. The lowest BCUT2D eigenvalue weighted by molar-refractivity contribution is -0.160. The van der Waals surface area contributed by atoms with Crippen molar-refractivity contribution in [2.24, 2.45) is 4.99 Å². The molecule has 27 heavy (non-hydrogen) atoms. The van der Waals surface area contributed by atoms with Crippen molar-refractivity contribution in [2.75, 3.05) is 6.54 Å². The summed E-state index contributed by atoms with van der Waals surface area (Å²) in [6, 6.07) is 9.69. The molecule has 1 aromatic heterocycles. The predicted molar refractivity (Wildman–Crippen MR) is 102 cm³/mol. The number of hydrogen-bond donors (Lipinski definition) is 3. The Balaban J connectivity index is 1.41. The van der Waals surface area contributed by atoms with Gasteiger partial charge in [-0.05, 0) is 12.5 Å². The molecule has 0 bridgehead atoms. The van der Waals surface area contributed by atoms with Gasteiger partial charge < -0.3 is 20.3 Å². The molecule has 3 N–H and O–H groups in total. The maximum Gasteiger partial charge on any atom is 0.159 e. The van der Waals surface area contributed by atoms with Gasteiger partial charge in [-0.25, -0.2) is 4.68 Å². The van der Waals surface area contributed by atoms with Crippen LogP contribution in [0.2, 0.25) is 0 Å². The first-order valence-electron chi connectivity index (χ1n) is 9.06. The Labute approximate surface area is 161 Å². The van der Waals surface area contributed by atoms with Crippen LogP contribution in [0.5, 0.6) is 0 Å². The number of amidine groups is 1. The number of aromatic nitrogens is 3. The van der Waals surface area contributed by atoms with E-state index in [4.69, 9.17) is 4.74 Å². The number of fused-ring (bicyclic) bond motifs is 1. The SMILES string of the molecule is CCN=C1NC2C(OC(Cn3cc(Cc4ccccc4)nn3)C(O)C2O)S1. The molecular weight excluding hydrogens is 366 g/mol. The van der Waals surface area contributed by atoms with E-state index in [9.17, 15) is 10.2 Å². The van der Waals surface area contributed by atoms with Crippen molar-refractivity contribution in [1.82, 2.24) is 20.3 Å². The lowest BCUT2D eigenvalue weighted by Crippen LogP contribution is -2.59. The Kier molecular flexibility index (Phi) is 5.44. The highest BCUT2D eigenvalue weighted by Crippen LogP contribution is 2.34. The Hall–Kier alpha value is -1.94. The lowest BCUT2D eigenvalue weighted by atomic mass is 9.98. The summed E-state index contributed by atoms with van der Waals surface area (Å²) in [5.41, 5.74) is 1.72. The summed E-state index contributed by atoms with van der Waals surface area (Å²) in [4.78, 5) is 4.33. The minimum atomic E-state index is -1.01. The summed E-state index contributed by atoms with van der Waals surface area (Å²) in [7, 11) is 0. The minimum absolute atomic E-state index is 0.286. The summed E-state index contributed by atoms with van der Waals surface area (Å²) < 4.78 is 7.68. The zero-order valence-electron chi connectivity index (χ0n) is 15.0. The number of aliphatic hydroxyl groups excluding tert-OH is 2. The van der Waals surface area contributed by atoms with Crippen LogP contribution >= 0.6 is 11.8 Å². The van der Waals surface area contributed by atoms with Crippen LogP contribution in [-0.4, -0.2) is 66.7 Å². The molecule has 0 saturated carbocycles. The van der Waals surface area contributed by atoms with Crippen LogP contribution in [0.1, 0.15) is 18.2 Å². The second-order valence-electron chi connectivity index (χ2n) is 6.69. The van der Waals surface area contributed by atoms with Crippen molar-refractivity contribution >= 4 is 16.9 Å². The maximum atomic E-state index is 10.5. The topological polar surface area (TPSA) is 105 Å². The number of rotatable bonds is 5. The number of nitrogens with zero attached hydrogens (tertiary/aromatic N) is 4. The third-order valence-electron chi connectivity index (χ3n) is 4.70. The molecule has 2 aromatic rings. The molecule has 0 aliphatic carbocycles. The van der Waals surface area contributed by atoms with Gasteiger partial charge in [0, 0.05) is 19.2 Å². The van der Waals surface area contributed by atoms with E-state index in [2.05, 4.69) is 20.6 Å². The van der Waals surface area contributed by atoms with Crippen LogP contribution < -0.4 is 5.32 Å². The van der Waals surface area contributed by atoms with E-state index in [1.807, 2.05) is 43.5 Å². The van der Waals surface area contributed by atoms with Crippen molar-refractivity contribution in [2.45, 2.75) is 49.7 Å². The number of nitrogens with one attached hydrogen (secondary N) is 1. The highest BCUT2D eigenvalue weighted by atomic mass is 32.2. The molecule has 5 unspecified atom stereocenters. The van der Waals surface area contributed by atoms with Crippen LogP contribution in [0.25, 0.3) is 0 Å². The third kappa shape index (κ3) is 4.01. The van der Waals surface area contributed by atoms with Crippen molar-refractivity contribution in [3.8, 4) is 0 Å². The fourth-order valence-electron chi connectivity index (χ4n) is 3.35. The quantitative estimate of drug-likeness (QED) is 0.680. The van der Waals surface area contributed by atoms with Gasteiger partial charge in [0.2, 0.25) is 0 Å². The lowest BCUT2D eigenvalue weighted by Gasteiger charge is -2.38. The van der Waals surface area contributed by atoms with Gasteiger partial charge in [0.25, 0.3) is 0 Å². The van der Waals surface area contributed by atoms with Gasteiger partial charge >= 0.3 is 0 Å². The van der Waals surface area contributed by atoms with E-state index in [-0.39, 0.29) is 11.5 Å². The molecule has 0 spiro atoms. The zero-order chi connectivity index (χ0) is 18.8. The highest BCUT2D eigenvalue weighted by molar-refractivity contribution is 8.14. The zero-order valence-corrected chi connectivity index (χ0v) is 15.8. The fourth-order valence-corrected chi connectivity index (χ4v) is 4.55. The van der Waals surface area contributed by atoms with E-state index in [0.29, 0.717) is 19.5 Å². The Morgan fingerprint density at radius 2 is 2.07 bits per heavy atom. The van der Waals surface area contributed by atoms with Gasteiger partial charge in [-0.2, -0.15) is 0 Å². The first-order valence-corrected chi connectivity index (χ1v) is 9.94. The Bertz CT molecular complexity index is 799. The Morgan fingerprint density at radius 1 is 1.26 bits per heavy atom. The van der Waals surface area contributed by atoms with Crippen molar-refractivity contribution in [3.63, 3.8) is 0 Å². The third-order valence-corrected chi connectivity index (χ3v) is 5.81. The van der Waals surface area contributed by atoms with E-state index >= 15 is 0 Å². The standard InChI is InChI=1S/C18H23N5O3S/c1-2-19-18-20-14-16(25)15(24)13(26-17(14)27-18)10-23-9-12(21-22-23)8-11-6-4-3-5-7-11/h3-7,9,13-17,24-25H,2,8,10H2,1H3,(H,19,20). The second kappa shape index (κ2) is 7.97. The number of hydrogen-bond acceptors (Lipinski definition) is 7. The first kappa shape index (κ1) is 18.4. The van der Waals surface area contributed by atoms with Crippen LogP contribution in [0.4, 0.5) is 0 Å². The van der Waals surface area contributed by atoms with Gasteiger partial charge in [-0.1, -0.05) is 47.3 Å². The van der Waals surface area contributed by atoms with Gasteiger partial charge in [-0.3, -0.25) is 4.99 Å². The minimum Gasteiger partial charge on any atom is -0.388 e. The van der Waals surface area contributed by atoms with Crippen LogP contribution in [0.3, 0.4) is 0 Å². The maximum absolute atomic E-state index is 10.5. The normalized spacial score (nSPS) is 31.7. The molecule has 0 amide bonds. The molecule has 5 atom stereocenters. The number of ether oxygens (including phenoxy) is 1. The molecule has 3 heterocycles.